The highest BCUT2D eigenvalue weighted by Crippen LogP contribution is 2.39. The summed E-state index contributed by atoms with van der Waals surface area (Å²) in [5.74, 6) is 1.54. The van der Waals surface area contributed by atoms with Crippen LogP contribution in [0.5, 0.6) is 23.0 Å². The van der Waals surface area contributed by atoms with Gasteiger partial charge in [0, 0.05) is 48.1 Å². The molecule has 1 fully saturated rings. The van der Waals surface area contributed by atoms with Crippen LogP contribution < -0.4 is 29.2 Å². The van der Waals surface area contributed by atoms with E-state index < -0.39 is 0 Å². The van der Waals surface area contributed by atoms with Crippen LogP contribution in [0.1, 0.15) is 41.5 Å². The maximum Gasteiger partial charge on any atom is 0.257 e. The zero-order valence-electron chi connectivity index (χ0n) is 23.9. The molecule has 1 N–H and O–H groups in total. The number of carbonyl (C=O) groups excluding carboxylic acids is 2. The van der Waals surface area contributed by atoms with Crippen molar-refractivity contribution in [2.45, 2.75) is 20.8 Å². The van der Waals surface area contributed by atoms with Crippen molar-refractivity contribution in [3.63, 3.8) is 0 Å². The molecule has 0 aliphatic carbocycles. The number of hydrogen-bond acceptors (Lipinski definition) is 7. The van der Waals surface area contributed by atoms with Crippen molar-refractivity contribution in [1.82, 2.24) is 4.90 Å². The van der Waals surface area contributed by atoms with Crippen LogP contribution in [-0.2, 0) is 0 Å². The second-order valence-corrected chi connectivity index (χ2v) is 9.66. The molecule has 0 saturated carbocycles. The quantitative estimate of drug-likeness (QED) is 0.308. The first kappa shape index (κ1) is 29.9. The molecule has 1 saturated heterocycles. The minimum atomic E-state index is -0.286. The Morgan fingerprint density at radius 1 is 0.805 bits per heavy atom. The SMILES string of the molecule is CCOc1cc(C(=O)Nc2ccc(N3CCN(C(=O)c4cc(Cl)ccc4OC)CC3)cc2)cc(OCC)c1OCC. The number of rotatable bonds is 11. The Balaban J connectivity index is 1.40. The van der Waals surface area contributed by atoms with Crippen LogP contribution in [0.25, 0.3) is 0 Å². The van der Waals surface area contributed by atoms with E-state index in [0.29, 0.717) is 90.8 Å². The van der Waals surface area contributed by atoms with Crippen molar-refractivity contribution >= 4 is 34.8 Å². The molecular formula is C31H36ClN3O6. The maximum atomic E-state index is 13.1. The molecule has 1 aliphatic rings. The van der Waals surface area contributed by atoms with Gasteiger partial charge in [0.25, 0.3) is 11.8 Å². The van der Waals surface area contributed by atoms with Gasteiger partial charge in [-0.25, -0.2) is 0 Å². The number of hydrogen-bond donors (Lipinski definition) is 1. The molecule has 0 atom stereocenters. The zero-order valence-corrected chi connectivity index (χ0v) is 24.6. The van der Waals surface area contributed by atoms with Crippen LogP contribution in [-0.4, -0.2) is 69.8 Å². The number of methoxy groups -OCH3 is 1. The Hall–Kier alpha value is -4.11. The van der Waals surface area contributed by atoms with Gasteiger partial charge in [0.1, 0.15) is 5.75 Å². The van der Waals surface area contributed by atoms with Crippen molar-refractivity contribution in [2.24, 2.45) is 0 Å². The van der Waals surface area contributed by atoms with Gasteiger partial charge in [0.15, 0.2) is 11.5 Å². The topological polar surface area (TPSA) is 89.6 Å². The molecule has 3 aromatic carbocycles. The summed E-state index contributed by atoms with van der Waals surface area (Å²) in [5.41, 5.74) is 2.53. The number of carbonyl (C=O) groups is 2. The molecule has 1 aliphatic heterocycles. The molecule has 4 rings (SSSR count). The first-order valence-corrected chi connectivity index (χ1v) is 14.1. The number of halogens is 1. The Morgan fingerprint density at radius 2 is 1.41 bits per heavy atom. The van der Waals surface area contributed by atoms with Gasteiger partial charge in [-0.1, -0.05) is 11.6 Å². The van der Waals surface area contributed by atoms with Crippen molar-refractivity contribution in [1.29, 1.82) is 0 Å². The number of ether oxygens (including phenoxy) is 4. The summed E-state index contributed by atoms with van der Waals surface area (Å²) >= 11 is 6.12. The summed E-state index contributed by atoms with van der Waals surface area (Å²) in [6.07, 6.45) is 0. The lowest BCUT2D eigenvalue weighted by Gasteiger charge is -2.36. The van der Waals surface area contributed by atoms with Gasteiger partial charge in [-0.05, 0) is 75.4 Å². The zero-order chi connectivity index (χ0) is 29.4. The third-order valence-corrected chi connectivity index (χ3v) is 6.86. The molecule has 10 heteroatoms. The Labute approximate surface area is 245 Å². The summed E-state index contributed by atoms with van der Waals surface area (Å²) in [4.78, 5) is 30.3. The minimum absolute atomic E-state index is 0.101. The van der Waals surface area contributed by atoms with Crippen LogP contribution in [0.15, 0.2) is 54.6 Å². The predicted molar refractivity (Wildman–Crippen MR) is 160 cm³/mol. The van der Waals surface area contributed by atoms with Crippen LogP contribution in [0, 0.1) is 0 Å². The van der Waals surface area contributed by atoms with E-state index in [-0.39, 0.29) is 11.8 Å². The van der Waals surface area contributed by atoms with Gasteiger partial charge < -0.3 is 34.1 Å². The molecule has 0 spiro atoms. The van der Waals surface area contributed by atoms with E-state index in [1.807, 2.05) is 49.9 Å². The van der Waals surface area contributed by atoms with Gasteiger partial charge in [-0.15, -0.1) is 0 Å². The van der Waals surface area contributed by atoms with Crippen molar-refractivity contribution in [2.75, 3.05) is 63.3 Å². The monoisotopic (exact) mass is 581 g/mol. The first-order valence-electron chi connectivity index (χ1n) is 13.7. The number of nitrogens with zero attached hydrogens (tertiary/aromatic N) is 2. The maximum absolute atomic E-state index is 13.1. The smallest absolute Gasteiger partial charge is 0.257 e. The molecule has 0 aromatic heterocycles. The second-order valence-electron chi connectivity index (χ2n) is 9.23. The molecule has 3 aromatic rings. The average Bonchev–Trinajstić information content (AvgIpc) is 2.99. The number of amides is 2. The van der Waals surface area contributed by atoms with E-state index >= 15 is 0 Å². The molecule has 0 unspecified atom stereocenters. The molecule has 0 radical (unpaired) electrons. The third-order valence-electron chi connectivity index (χ3n) is 6.62. The van der Waals surface area contributed by atoms with E-state index in [9.17, 15) is 9.59 Å². The molecule has 218 valence electrons. The lowest BCUT2D eigenvalue weighted by atomic mass is 10.1. The fourth-order valence-electron chi connectivity index (χ4n) is 4.66. The summed E-state index contributed by atoms with van der Waals surface area (Å²) in [5, 5.41) is 3.44. The molecule has 41 heavy (non-hydrogen) atoms. The molecule has 0 bridgehead atoms. The van der Waals surface area contributed by atoms with Crippen LogP contribution in [0.4, 0.5) is 11.4 Å². The highest BCUT2D eigenvalue weighted by atomic mass is 35.5. The van der Waals surface area contributed by atoms with Gasteiger partial charge >= 0.3 is 0 Å². The molecule has 9 nitrogen and oxygen atoms in total. The van der Waals surface area contributed by atoms with Crippen molar-refractivity contribution < 1.29 is 28.5 Å². The number of anilines is 2. The van der Waals surface area contributed by atoms with Crippen LogP contribution in [0.2, 0.25) is 5.02 Å². The van der Waals surface area contributed by atoms with Gasteiger partial charge in [-0.3, -0.25) is 9.59 Å². The molecular weight excluding hydrogens is 546 g/mol. The van der Waals surface area contributed by atoms with E-state index in [1.54, 1.807) is 37.4 Å². The number of nitrogens with one attached hydrogen (secondary N) is 1. The third kappa shape index (κ3) is 7.16. The van der Waals surface area contributed by atoms with Crippen LogP contribution >= 0.6 is 11.6 Å². The fourth-order valence-corrected chi connectivity index (χ4v) is 4.84. The second kappa shape index (κ2) is 14.0. The summed E-state index contributed by atoms with van der Waals surface area (Å²) in [6.45, 7) is 9.40. The lowest BCUT2D eigenvalue weighted by molar-refractivity contribution is 0.0743. The van der Waals surface area contributed by atoms with Crippen LogP contribution in [0.3, 0.4) is 0 Å². The molecule has 1 heterocycles. The summed E-state index contributed by atoms with van der Waals surface area (Å²) in [7, 11) is 1.54. The summed E-state index contributed by atoms with van der Waals surface area (Å²) < 4.78 is 22.6. The normalized spacial score (nSPS) is 13.0. The summed E-state index contributed by atoms with van der Waals surface area (Å²) in [6, 6.07) is 16.0. The van der Waals surface area contributed by atoms with E-state index in [4.69, 9.17) is 30.5 Å². The Kier molecular flexibility index (Phi) is 10.2. The Bertz CT molecular complexity index is 1330. The van der Waals surface area contributed by atoms with Crippen molar-refractivity contribution in [3.8, 4) is 23.0 Å². The van der Waals surface area contributed by atoms with Crippen molar-refractivity contribution in [3.05, 3.63) is 70.7 Å². The van der Waals surface area contributed by atoms with E-state index in [2.05, 4.69) is 10.2 Å². The van der Waals surface area contributed by atoms with E-state index in [1.165, 1.54) is 0 Å². The fraction of sp³-hybridized carbons (Fsp3) is 0.355. The molecule has 2 amide bonds. The number of benzene rings is 3. The van der Waals surface area contributed by atoms with E-state index in [0.717, 1.165) is 5.69 Å². The minimum Gasteiger partial charge on any atom is -0.496 e. The highest BCUT2D eigenvalue weighted by molar-refractivity contribution is 6.31. The highest BCUT2D eigenvalue weighted by Gasteiger charge is 2.25. The largest absolute Gasteiger partial charge is 0.496 e. The first-order chi connectivity index (χ1) is 19.9. The average molecular weight is 582 g/mol. The predicted octanol–water partition coefficient (Wildman–Crippen LogP) is 5.76. The van der Waals surface area contributed by atoms with Gasteiger partial charge in [-0.2, -0.15) is 0 Å². The standard InChI is InChI=1S/C31H36ClN3O6/c1-5-39-27-18-21(19-28(40-6-2)29(27)41-7-3)30(36)33-23-9-11-24(12-10-23)34-14-16-35(17-15-34)31(37)25-20-22(32)8-13-26(25)38-4/h8-13,18-20H,5-7,14-17H2,1-4H3,(H,33,36). The van der Waals surface area contributed by atoms with Gasteiger partial charge in [0.05, 0.1) is 32.5 Å². The lowest BCUT2D eigenvalue weighted by Crippen LogP contribution is -2.48. The van der Waals surface area contributed by atoms with Gasteiger partial charge in [0.2, 0.25) is 5.75 Å². The number of piperazine rings is 1. The Morgan fingerprint density at radius 3 is 1.98 bits per heavy atom.